The van der Waals surface area contributed by atoms with E-state index in [-0.39, 0.29) is 34.0 Å². The molecule has 8 nitrogen and oxygen atoms in total. The standard InChI is InChI=1S/C24H26Cl2N2O6S/c25-16-11-17(26)13-20(12-16)35(32,33)28-10-9-22(28)24(31)27-21(14-23(29)30)15-5-7-19(8-6-15)34-18-3-1-2-4-18/h5-8,11-13,18,21-22H,1-4,9-10,14H2,(H,27,31)(H,29,30)/t21-,22+/m1/s1. The van der Waals surface area contributed by atoms with Crippen molar-refractivity contribution in [1.29, 1.82) is 0 Å². The van der Waals surface area contributed by atoms with Crippen LogP contribution in [0.15, 0.2) is 47.4 Å². The third-order valence-electron chi connectivity index (χ3n) is 6.30. The van der Waals surface area contributed by atoms with Crippen molar-refractivity contribution >= 4 is 45.1 Å². The molecule has 0 unspecified atom stereocenters. The van der Waals surface area contributed by atoms with E-state index in [1.165, 1.54) is 18.2 Å². The Hall–Kier alpha value is -2.33. The van der Waals surface area contributed by atoms with Crippen LogP contribution in [-0.2, 0) is 19.6 Å². The molecule has 1 saturated carbocycles. The molecule has 2 aromatic rings. The molecule has 1 aliphatic heterocycles. The van der Waals surface area contributed by atoms with E-state index in [9.17, 15) is 23.1 Å². The molecule has 1 aliphatic carbocycles. The van der Waals surface area contributed by atoms with Crippen LogP contribution in [0.5, 0.6) is 5.75 Å². The quantitative estimate of drug-likeness (QED) is 0.487. The Labute approximate surface area is 214 Å². The molecule has 35 heavy (non-hydrogen) atoms. The number of carbonyl (C=O) groups is 2. The highest BCUT2D eigenvalue weighted by Crippen LogP contribution is 2.31. The summed E-state index contributed by atoms with van der Waals surface area (Å²) in [4.78, 5) is 24.4. The van der Waals surface area contributed by atoms with Gasteiger partial charge in [-0.1, -0.05) is 35.3 Å². The summed E-state index contributed by atoms with van der Waals surface area (Å²) in [5.74, 6) is -0.962. The lowest BCUT2D eigenvalue weighted by Crippen LogP contribution is -2.58. The third kappa shape index (κ3) is 6.09. The predicted molar refractivity (Wildman–Crippen MR) is 131 cm³/mol. The second kappa shape index (κ2) is 10.7. The maximum atomic E-state index is 13.1. The zero-order valence-corrected chi connectivity index (χ0v) is 21.2. The second-order valence-electron chi connectivity index (χ2n) is 8.78. The molecule has 0 spiro atoms. The number of hydrogen-bond acceptors (Lipinski definition) is 5. The number of ether oxygens (including phenoxy) is 1. The SMILES string of the molecule is O=C(O)C[C@@H](NC(=O)[C@@H]1CCN1S(=O)(=O)c1cc(Cl)cc(Cl)c1)c1ccc(OC2CCCC2)cc1. The van der Waals surface area contributed by atoms with Crippen molar-refractivity contribution < 1.29 is 27.9 Å². The average molecular weight is 541 g/mol. The highest BCUT2D eigenvalue weighted by molar-refractivity contribution is 7.89. The minimum Gasteiger partial charge on any atom is -0.490 e. The lowest BCUT2D eigenvalue weighted by atomic mass is 10.0. The van der Waals surface area contributed by atoms with Gasteiger partial charge in [-0.2, -0.15) is 4.31 Å². The number of nitrogens with one attached hydrogen (secondary N) is 1. The Morgan fingerprint density at radius 3 is 2.23 bits per heavy atom. The highest BCUT2D eigenvalue weighted by Gasteiger charge is 2.43. The maximum absolute atomic E-state index is 13.1. The fourth-order valence-corrected chi connectivity index (χ4v) is 6.76. The van der Waals surface area contributed by atoms with Crippen molar-refractivity contribution in [2.45, 2.75) is 61.6 Å². The number of halogens is 2. The van der Waals surface area contributed by atoms with Crippen LogP contribution in [0.3, 0.4) is 0 Å². The summed E-state index contributed by atoms with van der Waals surface area (Å²) in [5, 5.41) is 12.4. The molecule has 2 aliphatic rings. The fourth-order valence-electron chi connectivity index (χ4n) is 4.40. The van der Waals surface area contributed by atoms with Crippen molar-refractivity contribution in [2.24, 2.45) is 0 Å². The van der Waals surface area contributed by atoms with Gasteiger partial charge in [0, 0.05) is 16.6 Å². The molecule has 1 heterocycles. The first kappa shape index (κ1) is 25.8. The summed E-state index contributed by atoms with van der Waals surface area (Å²) in [6, 6.07) is 9.16. The molecule has 188 valence electrons. The van der Waals surface area contributed by atoms with Crippen LogP contribution in [0.25, 0.3) is 0 Å². The molecule has 2 atom stereocenters. The molecule has 4 rings (SSSR count). The van der Waals surface area contributed by atoms with Gasteiger partial charge >= 0.3 is 5.97 Å². The number of aliphatic carboxylic acids is 1. The number of rotatable bonds is 9. The van der Waals surface area contributed by atoms with Gasteiger partial charge < -0.3 is 15.2 Å². The van der Waals surface area contributed by atoms with E-state index < -0.39 is 34.0 Å². The van der Waals surface area contributed by atoms with Gasteiger partial charge in [0.05, 0.1) is 23.5 Å². The highest BCUT2D eigenvalue weighted by atomic mass is 35.5. The van der Waals surface area contributed by atoms with Crippen molar-refractivity contribution in [3.05, 3.63) is 58.1 Å². The minimum atomic E-state index is -4.01. The van der Waals surface area contributed by atoms with Crippen LogP contribution in [0.2, 0.25) is 10.0 Å². The Balaban J connectivity index is 1.47. The van der Waals surface area contributed by atoms with Crippen LogP contribution in [0.4, 0.5) is 0 Å². The number of nitrogens with zero attached hydrogens (tertiary/aromatic N) is 1. The molecule has 2 fully saturated rings. The Bertz CT molecular complexity index is 1180. The molecule has 0 aromatic heterocycles. The second-order valence-corrected chi connectivity index (χ2v) is 11.5. The number of benzene rings is 2. The monoisotopic (exact) mass is 540 g/mol. The first-order valence-electron chi connectivity index (χ1n) is 11.4. The number of sulfonamides is 1. The molecule has 2 aromatic carbocycles. The summed E-state index contributed by atoms with van der Waals surface area (Å²) in [5.41, 5.74) is 0.592. The third-order valence-corrected chi connectivity index (χ3v) is 8.62. The molecule has 1 amide bonds. The van der Waals surface area contributed by atoms with Crippen LogP contribution < -0.4 is 10.1 Å². The number of amides is 1. The van der Waals surface area contributed by atoms with E-state index >= 15 is 0 Å². The Morgan fingerprint density at radius 1 is 1.06 bits per heavy atom. The average Bonchev–Trinajstić information content (AvgIpc) is 3.25. The first-order chi connectivity index (χ1) is 16.6. The number of carboxylic acids is 1. The van der Waals surface area contributed by atoms with Crippen LogP contribution in [0, 0.1) is 0 Å². The van der Waals surface area contributed by atoms with E-state index in [2.05, 4.69) is 5.32 Å². The number of carbonyl (C=O) groups excluding carboxylic acids is 1. The molecular weight excluding hydrogens is 515 g/mol. The number of carboxylic acid groups (broad SMARTS) is 1. The predicted octanol–water partition coefficient (Wildman–Crippen LogP) is 4.41. The number of hydrogen-bond donors (Lipinski definition) is 2. The molecule has 11 heteroatoms. The topological polar surface area (TPSA) is 113 Å². The van der Waals surface area contributed by atoms with Crippen LogP contribution in [0.1, 0.15) is 50.1 Å². The summed E-state index contributed by atoms with van der Waals surface area (Å²) >= 11 is 11.9. The van der Waals surface area contributed by atoms with Gasteiger partial charge in [-0.3, -0.25) is 9.59 Å². The molecule has 0 radical (unpaired) electrons. The zero-order chi connectivity index (χ0) is 25.2. The van der Waals surface area contributed by atoms with Gasteiger partial charge in [-0.25, -0.2) is 8.42 Å². The van der Waals surface area contributed by atoms with Crippen molar-refractivity contribution in [1.82, 2.24) is 9.62 Å². The van der Waals surface area contributed by atoms with E-state index in [4.69, 9.17) is 27.9 Å². The minimum absolute atomic E-state index is 0.104. The van der Waals surface area contributed by atoms with Gasteiger partial charge in [-0.05, 0) is 68.0 Å². The van der Waals surface area contributed by atoms with Crippen LogP contribution in [-0.4, -0.2) is 48.4 Å². The Kier molecular flexibility index (Phi) is 7.90. The first-order valence-corrected chi connectivity index (χ1v) is 13.6. The molecule has 0 bridgehead atoms. The van der Waals surface area contributed by atoms with E-state index in [0.29, 0.717) is 17.7 Å². The van der Waals surface area contributed by atoms with E-state index in [1.807, 2.05) is 0 Å². The van der Waals surface area contributed by atoms with Crippen molar-refractivity contribution in [2.75, 3.05) is 6.54 Å². The summed E-state index contributed by atoms with van der Waals surface area (Å²) < 4.78 is 33.2. The fraction of sp³-hybridized carbons (Fsp3) is 0.417. The van der Waals surface area contributed by atoms with Crippen molar-refractivity contribution in [3.63, 3.8) is 0 Å². The van der Waals surface area contributed by atoms with Gasteiger partial charge in [0.25, 0.3) is 0 Å². The summed E-state index contributed by atoms with van der Waals surface area (Å²) in [6.07, 6.45) is 4.48. The van der Waals surface area contributed by atoms with Crippen molar-refractivity contribution in [3.8, 4) is 5.75 Å². The van der Waals surface area contributed by atoms with Gasteiger partial charge in [0.1, 0.15) is 11.8 Å². The smallest absolute Gasteiger partial charge is 0.305 e. The largest absolute Gasteiger partial charge is 0.490 e. The lowest BCUT2D eigenvalue weighted by Gasteiger charge is -2.39. The van der Waals surface area contributed by atoms with Gasteiger partial charge in [0.2, 0.25) is 15.9 Å². The zero-order valence-electron chi connectivity index (χ0n) is 18.8. The van der Waals surface area contributed by atoms with Gasteiger partial charge in [-0.15, -0.1) is 0 Å². The molecule has 2 N–H and O–H groups in total. The molecule has 1 saturated heterocycles. The van der Waals surface area contributed by atoms with Crippen LogP contribution >= 0.6 is 23.2 Å². The van der Waals surface area contributed by atoms with E-state index in [0.717, 1.165) is 30.0 Å². The lowest BCUT2D eigenvalue weighted by molar-refractivity contribution is -0.138. The van der Waals surface area contributed by atoms with Gasteiger partial charge in [0.15, 0.2) is 0 Å². The summed E-state index contributed by atoms with van der Waals surface area (Å²) in [7, 11) is -4.01. The maximum Gasteiger partial charge on any atom is 0.305 e. The molecular formula is C24H26Cl2N2O6S. The van der Waals surface area contributed by atoms with E-state index in [1.54, 1.807) is 24.3 Å². The Morgan fingerprint density at radius 2 is 1.69 bits per heavy atom. The summed E-state index contributed by atoms with van der Waals surface area (Å²) in [6.45, 7) is 0.154. The normalized spacial score (nSPS) is 19.7.